The summed E-state index contributed by atoms with van der Waals surface area (Å²) in [6.45, 7) is 5.16. The number of rotatable bonds is 10. The fourth-order valence-electron chi connectivity index (χ4n) is 6.09. The topological polar surface area (TPSA) is 110 Å². The van der Waals surface area contributed by atoms with Gasteiger partial charge in [-0.05, 0) is 30.5 Å². The van der Waals surface area contributed by atoms with Crippen molar-refractivity contribution in [2.45, 2.75) is 32.1 Å². The number of hydrogen-bond donors (Lipinski definition) is 2. The van der Waals surface area contributed by atoms with Crippen molar-refractivity contribution < 1.29 is 41.4 Å². The fourth-order valence-corrected chi connectivity index (χ4v) is 6.09. The van der Waals surface area contributed by atoms with Gasteiger partial charge in [0.15, 0.2) is 0 Å². The van der Waals surface area contributed by atoms with Crippen LogP contribution in [-0.2, 0) is 16.0 Å². The van der Waals surface area contributed by atoms with Crippen LogP contribution in [0.15, 0.2) is 30.6 Å². The second kappa shape index (κ2) is 15.9. The predicted octanol–water partition coefficient (Wildman–Crippen LogP) is 3.77. The molecule has 264 valence electrons. The van der Waals surface area contributed by atoms with E-state index in [2.05, 4.69) is 32.4 Å². The summed E-state index contributed by atoms with van der Waals surface area (Å²) in [4.78, 5) is 34.4. The molecular formula is C34H40F4N6O5. The quantitative estimate of drug-likeness (QED) is 0.245. The number of ether oxygens (including phenoxy) is 3. The molecule has 2 saturated heterocycles. The van der Waals surface area contributed by atoms with Crippen LogP contribution < -0.4 is 15.4 Å². The molecule has 0 radical (unpaired) electrons. The van der Waals surface area contributed by atoms with E-state index in [0.717, 1.165) is 36.6 Å². The first-order valence-corrected chi connectivity index (χ1v) is 16.0. The van der Waals surface area contributed by atoms with Gasteiger partial charge >= 0.3 is 6.18 Å². The zero-order valence-electron chi connectivity index (χ0n) is 27.7. The first kappa shape index (κ1) is 35.9. The van der Waals surface area contributed by atoms with Gasteiger partial charge in [0.2, 0.25) is 0 Å². The van der Waals surface area contributed by atoms with Gasteiger partial charge in [0.05, 0.1) is 62.1 Å². The highest BCUT2D eigenvalue weighted by atomic mass is 19.4. The monoisotopic (exact) mass is 688 g/mol. The van der Waals surface area contributed by atoms with E-state index in [9.17, 15) is 22.8 Å². The van der Waals surface area contributed by atoms with Crippen LogP contribution in [0.2, 0.25) is 0 Å². The van der Waals surface area contributed by atoms with Crippen molar-refractivity contribution in [2.75, 3.05) is 78.6 Å². The number of morpholine rings is 1. The third kappa shape index (κ3) is 9.00. The minimum absolute atomic E-state index is 0.00685. The van der Waals surface area contributed by atoms with Crippen molar-refractivity contribution in [3.63, 3.8) is 0 Å². The number of anilines is 1. The molecule has 3 aromatic rings. The number of carbonyl (C=O) groups excluding carboxylic acids is 2. The van der Waals surface area contributed by atoms with E-state index in [-0.39, 0.29) is 52.1 Å². The summed E-state index contributed by atoms with van der Waals surface area (Å²) in [6, 6.07) is 5.32. The normalized spacial score (nSPS) is 18.6. The average Bonchev–Trinajstić information content (AvgIpc) is 3.47. The van der Waals surface area contributed by atoms with Crippen molar-refractivity contribution in [3.05, 3.63) is 53.1 Å². The number of alkyl halides is 3. The van der Waals surface area contributed by atoms with Crippen LogP contribution in [0, 0.1) is 23.6 Å². The third-order valence-corrected chi connectivity index (χ3v) is 8.66. The van der Waals surface area contributed by atoms with Crippen molar-refractivity contribution in [1.29, 1.82) is 0 Å². The van der Waals surface area contributed by atoms with E-state index in [4.69, 9.17) is 14.2 Å². The summed E-state index contributed by atoms with van der Waals surface area (Å²) < 4.78 is 72.0. The summed E-state index contributed by atoms with van der Waals surface area (Å²) in [6.07, 6.45) is -2.73. The highest BCUT2D eigenvalue weighted by Crippen LogP contribution is 2.29. The molecule has 2 atom stereocenters. The molecule has 11 nitrogen and oxygen atoms in total. The Balaban J connectivity index is 1.35. The largest absolute Gasteiger partial charge is 0.495 e. The molecule has 0 bridgehead atoms. The first-order chi connectivity index (χ1) is 23.5. The Morgan fingerprint density at radius 2 is 1.88 bits per heavy atom. The molecule has 0 unspecified atom stereocenters. The van der Waals surface area contributed by atoms with Crippen LogP contribution in [0.5, 0.6) is 5.75 Å². The van der Waals surface area contributed by atoms with E-state index >= 15 is 4.39 Å². The molecule has 2 aliphatic rings. The molecule has 5 rings (SSSR count). The number of halogens is 4. The molecule has 2 aliphatic heterocycles. The van der Waals surface area contributed by atoms with Gasteiger partial charge in [0.25, 0.3) is 11.8 Å². The summed E-state index contributed by atoms with van der Waals surface area (Å²) in [5.74, 6) is 4.51. The molecule has 2 amide bonds. The fraction of sp³-hybridized carbons (Fsp3) is 0.500. The van der Waals surface area contributed by atoms with Gasteiger partial charge in [0.1, 0.15) is 23.6 Å². The molecule has 0 spiro atoms. The summed E-state index contributed by atoms with van der Waals surface area (Å²) in [5, 5.41) is 6.03. The average molecular weight is 689 g/mol. The Bertz CT molecular complexity index is 1710. The van der Waals surface area contributed by atoms with Crippen LogP contribution in [-0.4, -0.2) is 117 Å². The van der Waals surface area contributed by atoms with Gasteiger partial charge in [-0.15, -0.1) is 0 Å². The Kier molecular flexibility index (Phi) is 11.6. The van der Waals surface area contributed by atoms with Gasteiger partial charge < -0.3 is 39.2 Å². The van der Waals surface area contributed by atoms with E-state index in [1.165, 1.54) is 30.2 Å². The smallest absolute Gasteiger partial charge is 0.406 e. The molecule has 0 saturated carbocycles. The maximum Gasteiger partial charge on any atom is 0.406 e. The number of likely N-dealkylation sites (tertiary alicyclic amines) is 1. The maximum absolute atomic E-state index is 15.1. The Morgan fingerprint density at radius 3 is 2.57 bits per heavy atom. The van der Waals surface area contributed by atoms with Gasteiger partial charge in [0, 0.05) is 57.5 Å². The molecule has 15 heteroatoms. The van der Waals surface area contributed by atoms with Gasteiger partial charge in [-0.1, -0.05) is 18.8 Å². The lowest BCUT2D eigenvalue weighted by atomic mass is 9.93. The van der Waals surface area contributed by atoms with Gasteiger partial charge in [-0.2, -0.15) is 13.2 Å². The minimum Gasteiger partial charge on any atom is -0.495 e. The van der Waals surface area contributed by atoms with Crippen LogP contribution in [0.25, 0.3) is 11.0 Å². The maximum atomic E-state index is 15.1. The number of fused-ring (bicyclic) bond motifs is 1. The second-order valence-corrected chi connectivity index (χ2v) is 12.1. The predicted molar refractivity (Wildman–Crippen MR) is 174 cm³/mol. The van der Waals surface area contributed by atoms with Crippen LogP contribution >= 0.6 is 0 Å². The number of aromatic nitrogens is 2. The number of carbonyl (C=O) groups is 2. The van der Waals surface area contributed by atoms with Gasteiger partial charge in [-0.3, -0.25) is 9.59 Å². The van der Waals surface area contributed by atoms with Crippen molar-refractivity contribution in [2.24, 2.45) is 5.92 Å². The minimum atomic E-state index is -4.51. The number of hydrogen-bond acceptors (Lipinski definition) is 8. The summed E-state index contributed by atoms with van der Waals surface area (Å²) in [7, 11) is 3.04. The summed E-state index contributed by atoms with van der Waals surface area (Å²) >= 11 is 0. The van der Waals surface area contributed by atoms with Crippen molar-refractivity contribution >= 4 is 28.5 Å². The SMILES string of the molecule is COCCN1CC[C@H](NC(=O)c2cc(C#CCNc3cc(F)c(C(=O)N4CCOCC4)cc3OC)cc3c2ncn3CC(F)(F)F)[C@@H](C)C1. The first-order valence-electron chi connectivity index (χ1n) is 16.0. The molecule has 49 heavy (non-hydrogen) atoms. The number of methoxy groups -OCH3 is 2. The van der Waals surface area contributed by atoms with Crippen LogP contribution in [0.3, 0.4) is 0 Å². The Labute approximate surface area is 281 Å². The third-order valence-electron chi connectivity index (χ3n) is 8.66. The lowest BCUT2D eigenvalue weighted by Crippen LogP contribution is -2.50. The molecule has 2 aromatic carbocycles. The van der Waals surface area contributed by atoms with Gasteiger partial charge in [-0.25, -0.2) is 9.37 Å². The number of amides is 2. The molecule has 1 aromatic heterocycles. The lowest BCUT2D eigenvalue weighted by Gasteiger charge is -2.37. The zero-order chi connectivity index (χ0) is 35.1. The number of nitrogens with zero attached hydrogens (tertiary/aromatic N) is 4. The van der Waals surface area contributed by atoms with E-state index in [0.29, 0.717) is 44.9 Å². The number of piperidine rings is 1. The highest BCUT2D eigenvalue weighted by Gasteiger charge is 2.31. The van der Waals surface area contributed by atoms with Crippen LogP contribution in [0.4, 0.5) is 23.2 Å². The molecule has 2 fully saturated rings. The van der Waals surface area contributed by atoms with Crippen LogP contribution in [0.1, 0.15) is 39.6 Å². The van der Waals surface area contributed by atoms with Crippen molar-refractivity contribution in [1.82, 2.24) is 24.7 Å². The number of imidazole rings is 1. The zero-order valence-corrected chi connectivity index (χ0v) is 27.7. The number of nitrogens with one attached hydrogen (secondary N) is 2. The standard InChI is InChI=1S/C34H40F4N6O5/c1-22-19-42(9-12-47-2)8-6-27(22)41-32(45)25-15-23(16-29-31(25)40-21-44(29)20-34(36,37)38)5-4-7-39-28-18-26(35)24(17-30(28)48-3)33(46)43-10-13-49-14-11-43/h15-18,21-22,27,39H,6-14,19-20H2,1-3H3,(H,41,45)/t22-,27-/m0/s1. The highest BCUT2D eigenvalue weighted by molar-refractivity contribution is 6.05. The number of benzene rings is 2. The lowest BCUT2D eigenvalue weighted by molar-refractivity contribution is -0.140. The second-order valence-electron chi connectivity index (χ2n) is 12.1. The molecule has 3 heterocycles. The molecule has 0 aliphatic carbocycles. The van der Waals surface area contributed by atoms with E-state index < -0.39 is 30.4 Å². The van der Waals surface area contributed by atoms with E-state index in [1.54, 1.807) is 7.11 Å². The van der Waals surface area contributed by atoms with E-state index in [1.807, 2.05) is 6.92 Å². The summed E-state index contributed by atoms with van der Waals surface area (Å²) in [5.41, 5.74) is 0.811. The molecule has 2 N–H and O–H groups in total. The Morgan fingerprint density at radius 1 is 1.10 bits per heavy atom. The molecular weight excluding hydrogens is 648 g/mol. The Hall–Kier alpha value is -4.39. The van der Waals surface area contributed by atoms with Crippen molar-refractivity contribution in [3.8, 4) is 17.6 Å².